The molecule has 0 spiro atoms. The zero-order valence-corrected chi connectivity index (χ0v) is 15.7. The van der Waals surface area contributed by atoms with Crippen LogP contribution < -0.4 is 4.74 Å². The lowest BCUT2D eigenvalue weighted by atomic mass is 10.2. The van der Waals surface area contributed by atoms with E-state index in [0.717, 1.165) is 21.3 Å². The molecule has 0 heterocycles. The molecule has 0 aliphatic rings. The van der Waals surface area contributed by atoms with Gasteiger partial charge in [-0.25, -0.2) is 0 Å². The number of methoxy groups -OCH3 is 1. The summed E-state index contributed by atoms with van der Waals surface area (Å²) in [6, 6.07) is 15.3. The molecule has 136 valence electrons. The van der Waals surface area contributed by atoms with E-state index in [9.17, 15) is 10.2 Å². The molecule has 0 aromatic heterocycles. The maximum Gasteiger partial charge on any atom is 0.118 e. The Labute approximate surface area is 156 Å². The summed E-state index contributed by atoms with van der Waals surface area (Å²) in [6.07, 6.45) is -1.61. The van der Waals surface area contributed by atoms with Gasteiger partial charge in [0.2, 0.25) is 0 Å². The molecule has 0 aliphatic carbocycles. The molecule has 0 fully saturated rings. The van der Waals surface area contributed by atoms with Crippen molar-refractivity contribution in [3.8, 4) is 5.75 Å². The molecule has 6 heteroatoms. The van der Waals surface area contributed by atoms with Gasteiger partial charge in [0.25, 0.3) is 0 Å². The molecule has 2 rings (SSSR count). The van der Waals surface area contributed by atoms with Gasteiger partial charge < -0.3 is 24.4 Å². The minimum absolute atomic E-state index is 0.182. The second-order valence-corrected chi connectivity index (χ2v) is 6.51. The van der Waals surface area contributed by atoms with Crippen LogP contribution in [0.4, 0.5) is 0 Å². The number of rotatable bonds is 10. The number of halogens is 1. The fraction of sp³-hybridized carbons (Fsp3) is 0.368. The molecular formula is C19H23BrO5. The lowest BCUT2D eigenvalue weighted by molar-refractivity contribution is -0.102. The van der Waals surface area contributed by atoms with Crippen molar-refractivity contribution in [2.75, 3.05) is 20.3 Å². The number of hydrogen-bond donors (Lipinski definition) is 2. The Balaban J connectivity index is 1.84. The highest BCUT2D eigenvalue weighted by molar-refractivity contribution is 9.10. The molecule has 0 aliphatic heterocycles. The van der Waals surface area contributed by atoms with Gasteiger partial charge in [0, 0.05) is 4.47 Å². The Morgan fingerprint density at radius 1 is 1.04 bits per heavy atom. The molecule has 2 N–H and O–H groups in total. The molecule has 0 saturated heterocycles. The summed E-state index contributed by atoms with van der Waals surface area (Å²) in [5.41, 5.74) is 1.96. The minimum atomic E-state index is -0.997. The third-order valence-corrected chi connectivity index (χ3v) is 4.17. The molecule has 5 nitrogen and oxygen atoms in total. The second-order valence-electron chi connectivity index (χ2n) is 5.59. The molecule has 0 saturated carbocycles. The van der Waals surface area contributed by atoms with Gasteiger partial charge in [0.15, 0.2) is 0 Å². The second kappa shape index (κ2) is 10.5. The molecule has 0 amide bonds. The van der Waals surface area contributed by atoms with Crippen LogP contribution in [0.2, 0.25) is 0 Å². The highest BCUT2D eigenvalue weighted by Gasteiger charge is 2.19. The number of hydrogen-bond acceptors (Lipinski definition) is 5. The van der Waals surface area contributed by atoms with Crippen LogP contribution >= 0.6 is 15.9 Å². The first-order chi connectivity index (χ1) is 12.1. The third kappa shape index (κ3) is 6.76. The van der Waals surface area contributed by atoms with Crippen LogP contribution in [0, 0.1) is 0 Å². The van der Waals surface area contributed by atoms with E-state index >= 15 is 0 Å². The van der Waals surface area contributed by atoms with Gasteiger partial charge in [-0.3, -0.25) is 0 Å². The number of benzene rings is 2. The lowest BCUT2D eigenvalue weighted by Crippen LogP contribution is -2.36. The smallest absolute Gasteiger partial charge is 0.118 e. The van der Waals surface area contributed by atoms with E-state index in [-0.39, 0.29) is 13.2 Å². The van der Waals surface area contributed by atoms with E-state index in [0.29, 0.717) is 13.2 Å². The van der Waals surface area contributed by atoms with Crippen LogP contribution in [-0.4, -0.2) is 42.7 Å². The van der Waals surface area contributed by atoms with Gasteiger partial charge >= 0.3 is 0 Å². The fourth-order valence-electron chi connectivity index (χ4n) is 2.23. The van der Waals surface area contributed by atoms with Gasteiger partial charge in [0.05, 0.1) is 33.5 Å². The highest BCUT2D eigenvalue weighted by atomic mass is 79.9. The van der Waals surface area contributed by atoms with Crippen LogP contribution in [0.15, 0.2) is 53.0 Å². The van der Waals surface area contributed by atoms with Crippen molar-refractivity contribution in [2.24, 2.45) is 0 Å². The van der Waals surface area contributed by atoms with Crippen molar-refractivity contribution >= 4 is 15.9 Å². The summed E-state index contributed by atoms with van der Waals surface area (Å²) < 4.78 is 17.5. The summed E-state index contributed by atoms with van der Waals surface area (Å²) in [5.74, 6) is 0.787. The molecular weight excluding hydrogens is 388 g/mol. The Bertz CT molecular complexity index is 632. The fourth-order valence-corrected chi connectivity index (χ4v) is 2.68. The van der Waals surface area contributed by atoms with E-state index in [1.54, 1.807) is 7.11 Å². The maximum atomic E-state index is 9.94. The summed E-state index contributed by atoms with van der Waals surface area (Å²) in [6.45, 7) is 0.517. The van der Waals surface area contributed by atoms with E-state index in [1.807, 2.05) is 48.5 Å². The average Bonchev–Trinajstić information content (AvgIpc) is 2.64. The van der Waals surface area contributed by atoms with Crippen LogP contribution in [-0.2, 0) is 22.7 Å². The highest BCUT2D eigenvalue weighted by Crippen LogP contribution is 2.15. The van der Waals surface area contributed by atoms with Crippen molar-refractivity contribution in [1.29, 1.82) is 0 Å². The zero-order valence-electron chi connectivity index (χ0n) is 14.1. The molecule has 2 aromatic carbocycles. The van der Waals surface area contributed by atoms with Crippen LogP contribution in [0.25, 0.3) is 0 Å². The van der Waals surface area contributed by atoms with Crippen molar-refractivity contribution in [3.63, 3.8) is 0 Å². The summed E-state index contributed by atoms with van der Waals surface area (Å²) >= 11 is 3.41. The van der Waals surface area contributed by atoms with E-state index < -0.39 is 12.2 Å². The van der Waals surface area contributed by atoms with Crippen molar-refractivity contribution in [1.82, 2.24) is 0 Å². The molecule has 25 heavy (non-hydrogen) atoms. The Kier molecular flexibility index (Phi) is 8.37. The SMILES string of the molecule is COc1ccc(COC[C@H](OCc2cccc(Br)c2)[C@H](O)CO)cc1. The van der Waals surface area contributed by atoms with Crippen molar-refractivity contribution in [2.45, 2.75) is 25.4 Å². The molecule has 0 unspecified atom stereocenters. The van der Waals surface area contributed by atoms with Gasteiger partial charge in [-0.1, -0.05) is 40.2 Å². The number of aliphatic hydroxyl groups is 2. The van der Waals surface area contributed by atoms with Crippen LogP contribution in [0.1, 0.15) is 11.1 Å². The van der Waals surface area contributed by atoms with Crippen molar-refractivity contribution in [3.05, 3.63) is 64.1 Å². The topological polar surface area (TPSA) is 68.2 Å². The van der Waals surface area contributed by atoms with Gasteiger partial charge in [0.1, 0.15) is 18.0 Å². The Morgan fingerprint density at radius 3 is 2.44 bits per heavy atom. The average molecular weight is 411 g/mol. The Hall–Kier alpha value is -1.44. The largest absolute Gasteiger partial charge is 0.497 e. The summed E-state index contributed by atoms with van der Waals surface area (Å²) in [7, 11) is 1.62. The molecule has 0 bridgehead atoms. The normalized spacial score (nSPS) is 13.4. The zero-order chi connectivity index (χ0) is 18.1. The minimum Gasteiger partial charge on any atom is -0.497 e. The standard InChI is InChI=1S/C19H23BrO5/c1-23-17-7-5-14(6-8-17)11-24-13-19(18(22)10-21)25-12-15-3-2-4-16(20)9-15/h2-9,18-19,21-22H,10-13H2,1H3/t18-,19+/m1/s1. The van der Waals surface area contributed by atoms with Crippen LogP contribution in [0.5, 0.6) is 5.75 Å². The first-order valence-corrected chi connectivity index (χ1v) is 8.77. The molecule has 0 radical (unpaired) electrons. The summed E-state index contributed by atoms with van der Waals surface area (Å²) in [5, 5.41) is 19.1. The first kappa shape index (κ1) is 19.9. The predicted molar refractivity (Wildman–Crippen MR) is 98.5 cm³/mol. The summed E-state index contributed by atoms with van der Waals surface area (Å²) in [4.78, 5) is 0. The van der Waals surface area contributed by atoms with Gasteiger partial charge in [-0.05, 0) is 35.4 Å². The predicted octanol–water partition coefficient (Wildman–Crippen LogP) is 2.91. The Morgan fingerprint density at radius 2 is 1.80 bits per heavy atom. The lowest BCUT2D eigenvalue weighted by Gasteiger charge is -2.22. The van der Waals surface area contributed by atoms with E-state index in [1.165, 1.54) is 0 Å². The molecule has 2 atom stereocenters. The molecule has 2 aromatic rings. The van der Waals surface area contributed by atoms with E-state index in [4.69, 9.17) is 14.2 Å². The van der Waals surface area contributed by atoms with Gasteiger partial charge in [-0.2, -0.15) is 0 Å². The number of aliphatic hydroxyl groups excluding tert-OH is 2. The first-order valence-electron chi connectivity index (χ1n) is 7.98. The maximum absolute atomic E-state index is 9.94. The van der Waals surface area contributed by atoms with E-state index in [2.05, 4.69) is 15.9 Å². The monoisotopic (exact) mass is 410 g/mol. The van der Waals surface area contributed by atoms with Crippen LogP contribution in [0.3, 0.4) is 0 Å². The van der Waals surface area contributed by atoms with Gasteiger partial charge in [-0.15, -0.1) is 0 Å². The quantitative estimate of drug-likeness (QED) is 0.630. The number of ether oxygens (including phenoxy) is 3. The third-order valence-electron chi connectivity index (χ3n) is 3.68. The van der Waals surface area contributed by atoms with Crippen molar-refractivity contribution < 1.29 is 24.4 Å².